The second-order valence-electron chi connectivity index (χ2n) is 8.95. The molecule has 0 amide bonds. The first-order chi connectivity index (χ1) is 16.9. The summed E-state index contributed by atoms with van der Waals surface area (Å²) in [6.07, 6.45) is 4.85. The smallest absolute Gasteiger partial charge is 0.163 e. The zero-order valence-corrected chi connectivity index (χ0v) is 20.6. The Labute approximate surface area is 206 Å². The van der Waals surface area contributed by atoms with Crippen LogP contribution in [0.5, 0.6) is 5.75 Å². The fraction of sp³-hybridized carbons (Fsp3) is 0.321. The van der Waals surface area contributed by atoms with Gasteiger partial charge in [-0.1, -0.05) is 55.3 Å². The Morgan fingerprint density at radius 2 is 1.86 bits per heavy atom. The van der Waals surface area contributed by atoms with Crippen LogP contribution in [0.25, 0.3) is 22.4 Å². The average Bonchev–Trinajstić information content (AvgIpc) is 3.12. The van der Waals surface area contributed by atoms with Crippen molar-refractivity contribution in [2.45, 2.75) is 44.0 Å². The summed E-state index contributed by atoms with van der Waals surface area (Å²) in [6.45, 7) is 1.45. The second-order valence-corrected chi connectivity index (χ2v) is 11.1. The zero-order chi connectivity index (χ0) is 25.0. The Morgan fingerprint density at radius 1 is 1.11 bits per heavy atom. The van der Waals surface area contributed by atoms with E-state index in [9.17, 15) is 23.7 Å². The number of allylic oxidation sites excluding steroid dienone is 1. The highest BCUT2D eigenvalue weighted by Crippen LogP contribution is 2.35. The summed E-state index contributed by atoms with van der Waals surface area (Å²) in [7, 11) is -3.51. The van der Waals surface area contributed by atoms with Crippen LogP contribution in [0.3, 0.4) is 0 Å². The number of aromatic hydroxyl groups is 1. The normalized spacial score (nSPS) is 18.8. The van der Waals surface area contributed by atoms with Gasteiger partial charge in [0.1, 0.15) is 11.0 Å². The van der Waals surface area contributed by atoms with Crippen LogP contribution in [0, 0.1) is 0 Å². The number of fused-ring (bicyclic) bond motifs is 1. The third kappa shape index (κ3) is 5.32. The highest BCUT2D eigenvalue weighted by atomic mass is 32.2. The van der Waals surface area contributed by atoms with E-state index in [2.05, 4.69) is 4.98 Å². The molecule has 3 N–H and O–H groups in total. The Bertz CT molecular complexity index is 1360. The highest BCUT2D eigenvalue weighted by molar-refractivity contribution is 7.92. The van der Waals surface area contributed by atoms with Gasteiger partial charge in [0.25, 0.3) is 0 Å². The molecular weight excluding hydrogens is 462 g/mol. The van der Waals surface area contributed by atoms with Gasteiger partial charge < -0.3 is 15.3 Å². The van der Waals surface area contributed by atoms with Gasteiger partial charge in [0.15, 0.2) is 9.84 Å². The lowest BCUT2D eigenvalue weighted by Crippen LogP contribution is -2.29. The fourth-order valence-corrected chi connectivity index (χ4v) is 6.86. The Hall–Kier alpha value is -3.00. The van der Waals surface area contributed by atoms with Crippen LogP contribution in [0.1, 0.15) is 43.9 Å². The Balaban J connectivity index is 1.69. The lowest BCUT2D eigenvalue weighted by Gasteiger charge is -2.20. The molecule has 7 heteroatoms. The molecule has 2 heterocycles. The molecule has 2 atom stereocenters. The topological polar surface area (TPSA) is 108 Å². The van der Waals surface area contributed by atoms with Gasteiger partial charge in [-0.3, -0.25) is 4.98 Å². The Kier molecular flexibility index (Phi) is 7.69. The zero-order valence-electron chi connectivity index (χ0n) is 19.8. The second kappa shape index (κ2) is 10.7. The number of phenolic OH excluding ortho intramolecular Hbond substituents is 1. The van der Waals surface area contributed by atoms with E-state index in [1.54, 1.807) is 12.3 Å². The lowest BCUT2D eigenvalue weighted by molar-refractivity contribution is 0.190. The molecule has 0 radical (unpaired) electrons. The van der Waals surface area contributed by atoms with Gasteiger partial charge in [-0.25, -0.2) is 8.42 Å². The van der Waals surface area contributed by atoms with Crippen molar-refractivity contribution < 1.29 is 23.7 Å². The van der Waals surface area contributed by atoms with Gasteiger partial charge in [0, 0.05) is 11.6 Å². The summed E-state index contributed by atoms with van der Waals surface area (Å²) in [5.74, 6) is 0.112. The summed E-state index contributed by atoms with van der Waals surface area (Å²) < 4.78 is 25.2. The summed E-state index contributed by atoms with van der Waals surface area (Å²) in [4.78, 5) is 4.50. The van der Waals surface area contributed by atoms with Crippen LogP contribution in [0.2, 0.25) is 0 Å². The number of phenols is 1. The number of hydrogen-bond acceptors (Lipinski definition) is 6. The van der Waals surface area contributed by atoms with Crippen molar-refractivity contribution in [3.8, 4) is 5.75 Å². The number of aromatic nitrogens is 1. The summed E-state index contributed by atoms with van der Waals surface area (Å²) in [5.41, 5.74) is 3.75. The van der Waals surface area contributed by atoms with Crippen molar-refractivity contribution in [3.05, 3.63) is 83.2 Å². The van der Waals surface area contributed by atoms with Gasteiger partial charge in [-0.05, 0) is 65.6 Å². The van der Waals surface area contributed by atoms with Gasteiger partial charge in [-0.2, -0.15) is 0 Å². The molecule has 1 aliphatic rings. The molecular formula is C28H31NO5S. The van der Waals surface area contributed by atoms with Crippen LogP contribution in [-0.2, 0) is 9.84 Å². The maximum absolute atomic E-state index is 12.6. The van der Waals surface area contributed by atoms with Crippen molar-refractivity contribution >= 4 is 32.3 Å². The minimum absolute atomic E-state index is 0.0963. The van der Waals surface area contributed by atoms with Crippen LogP contribution in [-0.4, -0.2) is 52.4 Å². The number of nitrogens with zero attached hydrogens (tertiary/aromatic N) is 1. The first kappa shape index (κ1) is 25.1. The molecule has 0 aliphatic carbocycles. The largest absolute Gasteiger partial charge is 0.507 e. The van der Waals surface area contributed by atoms with Crippen molar-refractivity contribution in [1.82, 2.24) is 4.98 Å². The molecule has 1 aromatic heterocycles. The first-order valence-corrected chi connectivity index (χ1v) is 13.6. The number of rotatable bonds is 9. The van der Waals surface area contributed by atoms with E-state index in [1.165, 1.54) is 0 Å². The molecule has 1 aliphatic heterocycles. The molecule has 0 fully saturated rings. The molecule has 6 nitrogen and oxygen atoms in total. The molecule has 0 spiro atoms. The van der Waals surface area contributed by atoms with E-state index >= 15 is 0 Å². The molecule has 0 saturated carbocycles. The first-order valence-electron chi connectivity index (χ1n) is 11.9. The van der Waals surface area contributed by atoms with E-state index in [1.807, 2.05) is 61.5 Å². The van der Waals surface area contributed by atoms with E-state index < -0.39 is 27.8 Å². The van der Waals surface area contributed by atoms with E-state index in [0.717, 1.165) is 39.6 Å². The van der Waals surface area contributed by atoms with Gasteiger partial charge in [0.2, 0.25) is 0 Å². The third-order valence-electron chi connectivity index (χ3n) is 6.59. The maximum atomic E-state index is 12.6. The SMILES string of the molecule is CCCC1=C([C@H](O)CC/C(=C/c2ccc(O)c3ccccc23)c2ccccn2)[C@H](CO)S(=O)(=O)C1. The molecule has 35 heavy (non-hydrogen) atoms. The maximum Gasteiger partial charge on any atom is 0.163 e. The third-order valence-corrected chi connectivity index (χ3v) is 8.61. The minimum atomic E-state index is -3.51. The number of aliphatic hydroxyl groups is 2. The minimum Gasteiger partial charge on any atom is -0.507 e. The van der Waals surface area contributed by atoms with Gasteiger partial charge in [-0.15, -0.1) is 0 Å². The molecule has 184 valence electrons. The van der Waals surface area contributed by atoms with Crippen molar-refractivity contribution in [1.29, 1.82) is 0 Å². The van der Waals surface area contributed by atoms with Crippen LogP contribution in [0.15, 0.2) is 71.9 Å². The van der Waals surface area contributed by atoms with Crippen LogP contribution in [0.4, 0.5) is 0 Å². The van der Waals surface area contributed by atoms with Crippen molar-refractivity contribution in [2.75, 3.05) is 12.4 Å². The summed E-state index contributed by atoms with van der Waals surface area (Å²) in [6, 6.07) is 16.8. The predicted molar refractivity (Wildman–Crippen MR) is 140 cm³/mol. The van der Waals surface area contributed by atoms with E-state index in [0.29, 0.717) is 24.8 Å². The van der Waals surface area contributed by atoms with Crippen LogP contribution < -0.4 is 0 Å². The molecule has 3 aromatic rings. The highest BCUT2D eigenvalue weighted by Gasteiger charge is 2.40. The molecule has 0 bridgehead atoms. The number of pyridine rings is 1. The van der Waals surface area contributed by atoms with E-state index in [4.69, 9.17) is 0 Å². The van der Waals surface area contributed by atoms with Crippen molar-refractivity contribution in [3.63, 3.8) is 0 Å². The fourth-order valence-electron chi connectivity index (χ4n) is 4.92. The predicted octanol–water partition coefficient (Wildman–Crippen LogP) is 4.51. The number of hydrogen-bond donors (Lipinski definition) is 3. The quantitative estimate of drug-likeness (QED) is 0.379. The molecule has 0 unspecified atom stereocenters. The lowest BCUT2D eigenvalue weighted by atomic mass is 9.92. The van der Waals surface area contributed by atoms with Gasteiger partial charge in [0.05, 0.1) is 24.2 Å². The van der Waals surface area contributed by atoms with Crippen molar-refractivity contribution in [2.24, 2.45) is 0 Å². The number of benzene rings is 2. The number of aliphatic hydroxyl groups excluding tert-OH is 2. The Morgan fingerprint density at radius 3 is 2.54 bits per heavy atom. The monoisotopic (exact) mass is 493 g/mol. The standard InChI is InChI=1S/C28H31NO5S/c1-2-7-21-18-35(33,34)27(17-30)28(21)26(32)14-12-20(24-10-5-6-15-29-24)16-19-11-13-25(31)23-9-4-3-8-22(19)23/h3-6,8-11,13,15-16,26-27,30-32H,2,7,12,14,17-18H2,1H3/b20-16-/t26-,27+/m1/s1. The summed E-state index contributed by atoms with van der Waals surface area (Å²) >= 11 is 0. The van der Waals surface area contributed by atoms with Gasteiger partial charge >= 0.3 is 0 Å². The molecule has 2 aromatic carbocycles. The molecule has 4 rings (SSSR count). The summed E-state index contributed by atoms with van der Waals surface area (Å²) in [5, 5.41) is 31.8. The van der Waals surface area contributed by atoms with Crippen LogP contribution >= 0.6 is 0 Å². The average molecular weight is 494 g/mol. The van der Waals surface area contributed by atoms with E-state index in [-0.39, 0.29) is 11.5 Å². The number of sulfone groups is 1. The molecule has 0 saturated heterocycles.